The number of carbonyl (C=O) groups is 1. The number of ether oxygens (including phenoxy) is 1. The second-order valence-electron chi connectivity index (χ2n) is 7.76. The number of methoxy groups -OCH3 is 1. The molecule has 8 nitrogen and oxygen atoms in total. The summed E-state index contributed by atoms with van der Waals surface area (Å²) in [5.74, 6) is 0.196. The van der Waals surface area contributed by atoms with E-state index in [-0.39, 0.29) is 11.4 Å². The Morgan fingerprint density at radius 1 is 1.06 bits per heavy atom. The van der Waals surface area contributed by atoms with Gasteiger partial charge in [-0.2, -0.15) is 5.10 Å². The third-order valence-corrected chi connectivity index (χ3v) is 7.17. The molecule has 3 rings (SSSR count). The summed E-state index contributed by atoms with van der Waals surface area (Å²) in [6, 6.07) is 12.3. The van der Waals surface area contributed by atoms with Crippen molar-refractivity contribution >= 4 is 27.3 Å². The smallest absolute Gasteiger partial charge is 0.268 e. The molecule has 9 heteroatoms. The summed E-state index contributed by atoms with van der Waals surface area (Å²) in [6.07, 6.45) is 0. The van der Waals surface area contributed by atoms with Gasteiger partial charge in [0, 0.05) is 12.7 Å². The minimum absolute atomic E-state index is 0.108. The van der Waals surface area contributed by atoms with Crippen LogP contribution in [0.15, 0.2) is 47.4 Å². The summed E-state index contributed by atoms with van der Waals surface area (Å²) in [5, 5.41) is 7.01. The van der Waals surface area contributed by atoms with Gasteiger partial charge in [-0.3, -0.25) is 13.8 Å². The van der Waals surface area contributed by atoms with Gasteiger partial charge in [0.2, 0.25) is 5.91 Å². The van der Waals surface area contributed by atoms with Crippen molar-refractivity contribution in [3.05, 3.63) is 65.0 Å². The minimum atomic E-state index is -4.06. The van der Waals surface area contributed by atoms with Gasteiger partial charge in [-0.25, -0.2) is 8.42 Å². The number of aromatic nitrogens is 2. The molecule has 1 heterocycles. The van der Waals surface area contributed by atoms with E-state index in [1.165, 1.54) is 4.68 Å². The fraction of sp³-hybridized carbons (Fsp3) is 0.304. The summed E-state index contributed by atoms with van der Waals surface area (Å²) in [4.78, 5) is 13.0. The van der Waals surface area contributed by atoms with Gasteiger partial charge in [-0.1, -0.05) is 6.07 Å². The first-order valence-corrected chi connectivity index (χ1v) is 11.5. The van der Waals surface area contributed by atoms with Crippen LogP contribution < -0.4 is 14.4 Å². The van der Waals surface area contributed by atoms with E-state index in [9.17, 15) is 13.2 Å². The second-order valence-corrected chi connectivity index (χ2v) is 9.56. The lowest BCUT2D eigenvalue weighted by Gasteiger charge is -2.25. The SMILES string of the molecule is COc1ccc(NC(=O)CN(c2cc(C)cc(C)c2)S(=O)(=O)c2c(C)nn(C)c2C)cc1. The van der Waals surface area contributed by atoms with Crippen LogP contribution in [0.1, 0.15) is 22.5 Å². The quantitative estimate of drug-likeness (QED) is 0.587. The van der Waals surface area contributed by atoms with Crippen LogP contribution in [0.5, 0.6) is 5.75 Å². The topological polar surface area (TPSA) is 93.5 Å². The Hall–Kier alpha value is -3.33. The molecule has 0 spiro atoms. The van der Waals surface area contributed by atoms with Crippen molar-refractivity contribution in [2.45, 2.75) is 32.6 Å². The van der Waals surface area contributed by atoms with Crippen LogP contribution in [0, 0.1) is 27.7 Å². The van der Waals surface area contributed by atoms with Crippen molar-refractivity contribution in [3.8, 4) is 5.75 Å². The molecule has 32 heavy (non-hydrogen) atoms. The van der Waals surface area contributed by atoms with Crippen molar-refractivity contribution in [2.24, 2.45) is 7.05 Å². The molecule has 170 valence electrons. The lowest BCUT2D eigenvalue weighted by molar-refractivity contribution is -0.114. The van der Waals surface area contributed by atoms with Gasteiger partial charge in [0.05, 0.1) is 24.2 Å². The fourth-order valence-electron chi connectivity index (χ4n) is 3.65. The van der Waals surface area contributed by atoms with E-state index >= 15 is 0 Å². The van der Waals surface area contributed by atoms with Gasteiger partial charge in [-0.05, 0) is 75.2 Å². The summed E-state index contributed by atoms with van der Waals surface area (Å²) in [7, 11) is -0.806. The third kappa shape index (κ3) is 4.77. The van der Waals surface area contributed by atoms with E-state index in [0.717, 1.165) is 15.4 Å². The van der Waals surface area contributed by atoms with E-state index in [1.807, 2.05) is 19.9 Å². The molecule has 0 bridgehead atoms. The maximum atomic E-state index is 13.8. The second kappa shape index (κ2) is 9.04. The summed E-state index contributed by atoms with van der Waals surface area (Å²) in [6.45, 7) is 6.74. The van der Waals surface area contributed by atoms with Crippen molar-refractivity contribution in [2.75, 3.05) is 23.3 Å². The maximum Gasteiger partial charge on any atom is 0.268 e. The highest BCUT2D eigenvalue weighted by atomic mass is 32.2. The number of hydrogen-bond donors (Lipinski definition) is 1. The highest BCUT2D eigenvalue weighted by Gasteiger charge is 2.32. The maximum absolute atomic E-state index is 13.8. The average molecular weight is 457 g/mol. The molecule has 0 atom stereocenters. The number of aryl methyl sites for hydroxylation is 4. The molecule has 0 saturated heterocycles. The molecule has 1 amide bonds. The molecule has 2 aromatic carbocycles. The van der Waals surface area contributed by atoms with Gasteiger partial charge < -0.3 is 10.1 Å². The molecule has 0 unspecified atom stereocenters. The first-order chi connectivity index (χ1) is 15.0. The lowest BCUT2D eigenvalue weighted by atomic mass is 10.1. The number of amides is 1. The van der Waals surface area contributed by atoms with Gasteiger partial charge in [-0.15, -0.1) is 0 Å². The van der Waals surface area contributed by atoms with Crippen LogP contribution in [0.3, 0.4) is 0 Å². The largest absolute Gasteiger partial charge is 0.497 e. The summed E-state index contributed by atoms with van der Waals surface area (Å²) in [5.41, 5.74) is 3.66. The standard InChI is InChI=1S/C23H28N4O4S/c1-15-11-16(2)13-20(12-15)27(32(29,30)23-17(3)25-26(5)18(23)4)14-22(28)24-19-7-9-21(31-6)10-8-19/h7-13H,14H2,1-6H3,(H,24,28). The molecule has 0 radical (unpaired) electrons. The number of anilines is 2. The summed E-state index contributed by atoms with van der Waals surface area (Å²) < 4.78 is 35.3. The molecular formula is C23H28N4O4S. The molecular weight excluding hydrogens is 428 g/mol. The molecule has 0 aliphatic heterocycles. The predicted octanol–water partition coefficient (Wildman–Crippen LogP) is 3.50. The highest BCUT2D eigenvalue weighted by Crippen LogP contribution is 2.29. The van der Waals surface area contributed by atoms with Crippen LogP contribution in [0.2, 0.25) is 0 Å². The third-order valence-electron chi connectivity index (χ3n) is 5.15. The first-order valence-electron chi connectivity index (χ1n) is 10.1. The molecule has 3 aromatic rings. The molecule has 1 N–H and O–H groups in total. The predicted molar refractivity (Wildman–Crippen MR) is 125 cm³/mol. The first kappa shape index (κ1) is 23.3. The molecule has 1 aromatic heterocycles. The Morgan fingerprint density at radius 2 is 1.66 bits per heavy atom. The lowest BCUT2D eigenvalue weighted by Crippen LogP contribution is -2.38. The molecule has 0 saturated carbocycles. The number of rotatable bonds is 7. The number of hydrogen-bond acceptors (Lipinski definition) is 5. The Balaban J connectivity index is 2.01. The van der Waals surface area contributed by atoms with Crippen molar-refractivity contribution < 1.29 is 17.9 Å². The zero-order valence-corrected chi connectivity index (χ0v) is 19.9. The van der Waals surface area contributed by atoms with Gasteiger partial charge in [0.15, 0.2) is 0 Å². The normalized spacial score (nSPS) is 11.3. The molecule has 0 fully saturated rings. The van der Waals surface area contributed by atoms with Gasteiger partial charge in [0.1, 0.15) is 17.2 Å². The van der Waals surface area contributed by atoms with Crippen LogP contribution in [0.4, 0.5) is 11.4 Å². The van der Waals surface area contributed by atoms with Crippen molar-refractivity contribution in [1.29, 1.82) is 0 Å². The monoisotopic (exact) mass is 456 g/mol. The molecule has 0 aliphatic carbocycles. The number of sulfonamides is 1. The number of benzene rings is 2. The van der Waals surface area contributed by atoms with Crippen molar-refractivity contribution in [3.63, 3.8) is 0 Å². The van der Waals surface area contributed by atoms with Crippen LogP contribution in [-0.4, -0.2) is 37.8 Å². The zero-order chi connectivity index (χ0) is 23.6. The van der Waals surface area contributed by atoms with E-state index in [2.05, 4.69) is 10.4 Å². The minimum Gasteiger partial charge on any atom is -0.497 e. The molecule has 0 aliphatic rings. The Bertz CT molecular complexity index is 1230. The van der Waals surface area contributed by atoms with E-state index in [0.29, 0.717) is 28.5 Å². The van der Waals surface area contributed by atoms with E-state index < -0.39 is 15.9 Å². The fourth-order valence-corrected chi connectivity index (χ4v) is 5.46. The van der Waals surface area contributed by atoms with Crippen LogP contribution in [-0.2, 0) is 21.9 Å². The Morgan fingerprint density at radius 3 is 2.16 bits per heavy atom. The van der Waals surface area contributed by atoms with Crippen molar-refractivity contribution in [1.82, 2.24) is 9.78 Å². The number of nitrogens with zero attached hydrogens (tertiary/aromatic N) is 3. The average Bonchev–Trinajstić information content (AvgIpc) is 2.97. The summed E-state index contributed by atoms with van der Waals surface area (Å²) >= 11 is 0. The Kier molecular flexibility index (Phi) is 6.59. The van der Waals surface area contributed by atoms with Gasteiger partial charge >= 0.3 is 0 Å². The highest BCUT2D eigenvalue weighted by molar-refractivity contribution is 7.93. The van der Waals surface area contributed by atoms with E-state index in [1.54, 1.807) is 64.4 Å². The number of nitrogens with one attached hydrogen (secondary N) is 1. The van der Waals surface area contributed by atoms with E-state index in [4.69, 9.17) is 4.74 Å². The number of carbonyl (C=O) groups excluding carboxylic acids is 1. The zero-order valence-electron chi connectivity index (χ0n) is 19.1. The van der Waals surface area contributed by atoms with Gasteiger partial charge in [0.25, 0.3) is 10.0 Å². The Labute approximate surface area is 188 Å². The van der Waals surface area contributed by atoms with Crippen LogP contribution >= 0.6 is 0 Å². The van der Waals surface area contributed by atoms with Crippen LogP contribution in [0.25, 0.3) is 0 Å².